The van der Waals surface area contributed by atoms with E-state index < -0.39 is 5.97 Å². The van der Waals surface area contributed by atoms with Gasteiger partial charge in [0.15, 0.2) is 0 Å². The molecule has 18 heavy (non-hydrogen) atoms. The van der Waals surface area contributed by atoms with E-state index in [2.05, 4.69) is 37.8 Å². The number of aliphatic carboxylic acids is 1. The van der Waals surface area contributed by atoms with Gasteiger partial charge in [-0.2, -0.15) is 0 Å². The van der Waals surface area contributed by atoms with Crippen molar-refractivity contribution in [3.8, 4) is 0 Å². The van der Waals surface area contributed by atoms with Crippen molar-refractivity contribution in [2.75, 3.05) is 6.54 Å². The molecule has 0 amide bonds. The summed E-state index contributed by atoms with van der Waals surface area (Å²) in [7, 11) is 0. The molecule has 2 rings (SSSR count). The van der Waals surface area contributed by atoms with Crippen LogP contribution in [0.25, 0.3) is 0 Å². The molecular formula is C14H21NO2S. The summed E-state index contributed by atoms with van der Waals surface area (Å²) in [6.07, 6.45) is 1.54. The molecular weight excluding hydrogens is 246 g/mol. The van der Waals surface area contributed by atoms with E-state index in [0.717, 1.165) is 19.4 Å². The first-order valence-corrected chi connectivity index (χ1v) is 7.35. The predicted molar refractivity (Wildman–Crippen MR) is 74.0 cm³/mol. The van der Waals surface area contributed by atoms with Gasteiger partial charge in [-0.25, -0.2) is 0 Å². The maximum absolute atomic E-state index is 11.0. The number of hydrogen-bond acceptors (Lipinski definition) is 3. The number of carboxylic acids is 1. The van der Waals surface area contributed by atoms with Crippen LogP contribution in [0.2, 0.25) is 0 Å². The lowest BCUT2D eigenvalue weighted by Crippen LogP contribution is -2.43. The fraction of sp³-hybridized carbons (Fsp3) is 0.643. The molecule has 0 aliphatic carbocycles. The van der Waals surface area contributed by atoms with E-state index in [4.69, 9.17) is 5.11 Å². The highest BCUT2D eigenvalue weighted by Crippen LogP contribution is 2.33. The molecule has 3 atom stereocenters. The Morgan fingerprint density at radius 2 is 2.28 bits per heavy atom. The lowest BCUT2D eigenvalue weighted by molar-refractivity contribution is -0.144. The Morgan fingerprint density at radius 1 is 1.56 bits per heavy atom. The summed E-state index contributed by atoms with van der Waals surface area (Å²) in [5, 5.41) is 9.08. The first kappa shape index (κ1) is 13.6. The van der Waals surface area contributed by atoms with Gasteiger partial charge in [-0.3, -0.25) is 9.69 Å². The summed E-state index contributed by atoms with van der Waals surface area (Å²) in [5.74, 6) is -0.797. The Kier molecular flexibility index (Phi) is 4.07. The fourth-order valence-corrected chi connectivity index (χ4v) is 3.78. The fourth-order valence-electron chi connectivity index (χ4n) is 2.83. The van der Waals surface area contributed by atoms with Crippen LogP contribution < -0.4 is 0 Å². The molecule has 100 valence electrons. The van der Waals surface area contributed by atoms with Crippen molar-refractivity contribution >= 4 is 17.3 Å². The van der Waals surface area contributed by atoms with E-state index in [9.17, 15) is 4.79 Å². The second-order valence-corrected chi connectivity index (χ2v) is 6.59. The van der Waals surface area contributed by atoms with Gasteiger partial charge in [-0.1, -0.05) is 0 Å². The van der Waals surface area contributed by atoms with Gasteiger partial charge >= 0.3 is 5.97 Å². The van der Waals surface area contributed by atoms with Gasteiger partial charge in [0.2, 0.25) is 0 Å². The minimum absolute atomic E-state index is 0.159. The number of carbonyl (C=O) groups is 1. The van der Waals surface area contributed by atoms with Gasteiger partial charge in [0.25, 0.3) is 0 Å². The van der Waals surface area contributed by atoms with Gasteiger partial charge in [-0.05, 0) is 52.3 Å². The third-order valence-corrected chi connectivity index (χ3v) is 5.12. The molecule has 3 nitrogen and oxygen atoms in total. The molecule has 0 spiro atoms. The van der Waals surface area contributed by atoms with Gasteiger partial charge in [-0.15, -0.1) is 11.3 Å². The molecule has 3 unspecified atom stereocenters. The van der Waals surface area contributed by atoms with Crippen LogP contribution in [0.15, 0.2) is 12.1 Å². The third-order valence-electron chi connectivity index (χ3n) is 3.95. The first-order chi connectivity index (χ1) is 8.49. The van der Waals surface area contributed by atoms with Crippen LogP contribution in [-0.2, 0) is 4.79 Å². The number of likely N-dealkylation sites (tertiary alicyclic amines) is 1. The third kappa shape index (κ3) is 2.75. The summed E-state index contributed by atoms with van der Waals surface area (Å²) in [4.78, 5) is 16.2. The van der Waals surface area contributed by atoms with Crippen molar-refractivity contribution in [2.45, 2.75) is 45.7 Å². The zero-order valence-corrected chi connectivity index (χ0v) is 12.0. The van der Waals surface area contributed by atoms with Crippen LogP contribution in [0.5, 0.6) is 0 Å². The average Bonchev–Trinajstić information content (AvgIpc) is 2.74. The van der Waals surface area contributed by atoms with Gasteiger partial charge in [0.05, 0.1) is 5.92 Å². The molecule has 0 radical (unpaired) electrons. The van der Waals surface area contributed by atoms with E-state index in [-0.39, 0.29) is 5.92 Å². The first-order valence-electron chi connectivity index (χ1n) is 6.54. The van der Waals surface area contributed by atoms with Crippen molar-refractivity contribution in [1.29, 1.82) is 0 Å². The maximum Gasteiger partial charge on any atom is 0.306 e. The summed E-state index contributed by atoms with van der Waals surface area (Å²) >= 11 is 1.84. The standard InChI is InChI=1S/C14H21NO2S/c1-9-8-12(14(16)17)6-7-15(9)11(3)13-5-4-10(2)18-13/h4-5,9,11-12H,6-8H2,1-3H3,(H,16,17). The lowest BCUT2D eigenvalue weighted by Gasteiger charge is -2.39. The molecule has 1 N–H and O–H groups in total. The molecule has 0 bridgehead atoms. The second kappa shape index (κ2) is 5.41. The van der Waals surface area contributed by atoms with E-state index in [1.807, 2.05) is 11.3 Å². The zero-order chi connectivity index (χ0) is 13.3. The molecule has 1 aromatic rings. The number of hydrogen-bond donors (Lipinski definition) is 1. The van der Waals surface area contributed by atoms with E-state index >= 15 is 0 Å². The maximum atomic E-state index is 11.0. The van der Waals surface area contributed by atoms with Gasteiger partial charge in [0, 0.05) is 21.8 Å². The number of carboxylic acid groups (broad SMARTS) is 1. The number of piperidine rings is 1. The Labute approximate surface area is 112 Å². The Bertz CT molecular complexity index is 429. The molecule has 1 fully saturated rings. The van der Waals surface area contributed by atoms with Crippen LogP contribution in [0.1, 0.15) is 42.5 Å². The highest BCUT2D eigenvalue weighted by molar-refractivity contribution is 7.12. The summed E-state index contributed by atoms with van der Waals surface area (Å²) in [6, 6.07) is 5.09. The van der Waals surface area contributed by atoms with Crippen molar-refractivity contribution in [1.82, 2.24) is 4.90 Å². The molecule has 0 saturated carbocycles. The SMILES string of the molecule is Cc1ccc(C(C)N2CCC(C(=O)O)CC2C)s1. The number of rotatable bonds is 3. The Morgan fingerprint density at radius 3 is 2.78 bits per heavy atom. The molecule has 2 heterocycles. The van der Waals surface area contributed by atoms with Crippen molar-refractivity contribution in [2.24, 2.45) is 5.92 Å². The zero-order valence-electron chi connectivity index (χ0n) is 11.2. The van der Waals surface area contributed by atoms with Gasteiger partial charge in [0.1, 0.15) is 0 Å². The van der Waals surface area contributed by atoms with Crippen LogP contribution in [-0.4, -0.2) is 28.6 Å². The average molecular weight is 267 g/mol. The number of aryl methyl sites for hydroxylation is 1. The second-order valence-electron chi connectivity index (χ2n) is 5.27. The van der Waals surface area contributed by atoms with Crippen molar-refractivity contribution < 1.29 is 9.90 Å². The topological polar surface area (TPSA) is 40.5 Å². The summed E-state index contributed by atoms with van der Waals surface area (Å²) in [6.45, 7) is 7.38. The molecule has 4 heteroatoms. The van der Waals surface area contributed by atoms with Crippen LogP contribution in [0, 0.1) is 12.8 Å². The largest absolute Gasteiger partial charge is 0.481 e. The summed E-state index contributed by atoms with van der Waals surface area (Å²) in [5.41, 5.74) is 0. The van der Waals surface area contributed by atoms with E-state index in [1.165, 1.54) is 9.75 Å². The normalized spacial score (nSPS) is 27.1. The molecule has 1 aliphatic heterocycles. The van der Waals surface area contributed by atoms with Crippen molar-refractivity contribution in [3.05, 3.63) is 21.9 Å². The van der Waals surface area contributed by atoms with Crippen LogP contribution >= 0.6 is 11.3 Å². The van der Waals surface area contributed by atoms with E-state index in [1.54, 1.807) is 0 Å². The Hall–Kier alpha value is -0.870. The number of nitrogens with zero attached hydrogens (tertiary/aromatic N) is 1. The molecule has 0 aromatic carbocycles. The van der Waals surface area contributed by atoms with E-state index in [0.29, 0.717) is 12.1 Å². The lowest BCUT2D eigenvalue weighted by atomic mass is 9.90. The minimum atomic E-state index is -0.638. The number of thiophene rings is 1. The monoisotopic (exact) mass is 267 g/mol. The van der Waals surface area contributed by atoms with Crippen LogP contribution in [0.3, 0.4) is 0 Å². The van der Waals surface area contributed by atoms with Crippen LogP contribution in [0.4, 0.5) is 0 Å². The minimum Gasteiger partial charge on any atom is -0.481 e. The summed E-state index contributed by atoms with van der Waals surface area (Å²) < 4.78 is 0. The smallest absolute Gasteiger partial charge is 0.306 e. The Balaban J connectivity index is 2.04. The quantitative estimate of drug-likeness (QED) is 0.913. The van der Waals surface area contributed by atoms with Crippen molar-refractivity contribution in [3.63, 3.8) is 0 Å². The molecule has 1 aliphatic rings. The highest BCUT2D eigenvalue weighted by Gasteiger charge is 2.32. The molecule has 1 saturated heterocycles. The highest BCUT2D eigenvalue weighted by atomic mass is 32.1. The molecule has 1 aromatic heterocycles. The van der Waals surface area contributed by atoms with Gasteiger partial charge < -0.3 is 5.11 Å². The predicted octanol–water partition coefficient (Wildman–Crippen LogP) is 3.30.